The molecule has 2 N–H and O–H groups in total. The molecule has 1 aromatic carbocycles. The molecule has 0 aliphatic heterocycles. The van der Waals surface area contributed by atoms with E-state index in [-0.39, 0.29) is 16.7 Å². The molecule has 1 aliphatic carbocycles. The number of amides is 2. The fraction of sp³-hybridized carbons (Fsp3) is 0.400. The van der Waals surface area contributed by atoms with Crippen LogP contribution in [-0.4, -0.2) is 16.7 Å². The monoisotopic (exact) mass is 401 g/mol. The van der Waals surface area contributed by atoms with E-state index in [2.05, 4.69) is 31.6 Å². The van der Waals surface area contributed by atoms with Crippen molar-refractivity contribution in [2.24, 2.45) is 11.3 Å². The number of aryl methyl sites for hydroxylation is 1. The number of hydrazine groups is 1. The van der Waals surface area contributed by atoms with Crippen molar-refractivity contribution in [3.63, 3.8) is 0 Å². The third-order valence-corrected chi connectivity index (χ3v) is 6.40. The number of benzene rings is 1. The van der Waals surface area contributed by atoms with Gasteiger partial charge in [-0.1, -0.05) is 32.9 Å². The average molecular weight is 401 g/mol. The molecule has 0 radical (unpaired) electrons. The van der Waals surface area contributed by atoms with Gasteiger partial charge >= 0.3 is 0 Å². The lowest BCUT2D eigenvalue weighted by Crippen LogP contribution is -2.41. The van der Waals surface area contributed by atoms with Crippen molar-refractivity contribution in [3.8, 4) is 0 Å². The van der Waals surface area contributed by atoms with Crippen molar-refractivity contribution in [2.75, 3.05) is 0 Å². The van der Waals surface area contributed by atoms with Gasteiger partial charge in [0, 0.05) is 10.9 Å². The lowest BCUT2D eigenvalue weighted by molar-refractivity contribution is -0.385. The highest BCUT2D eigenvalue weighted by atomic mass is 32.1. The number of nitro benzene ring substituents is 1. The van der Waals surface area contributed by atoms with Crippen molar-refractivity contribution in [2.45, 2.75) is 40.0 Å². The fourth-order valence-electron chi connectivity index (χ4n) is 3.44. The van der Waals surface area contributed by atoms with Crippen LogP contribution in [-0.2, 0) is 12.8 Å². The first kappa shape index (κ1) is 20.0. The Morgan fingerprint density at radius 2 is 1.86 bits per heavy atom. The zero-order chi connectivity index (χ0) is 20.5. The molecule has 0 saturated heterocycles. The average Bonchev–Trinajstić information content (AvgIpc) is 3.08. The van der Waals surface area contributed by atoms with E-state index in [0.29, 0.717) is 10.8 Å². The van der Waals surface area contributed by atoms with Gasteiger partial charge in [0.2, 0.25) is 0 Å². The van der Waals surface area contributed by atoms with E-state index < -0.39 is 16.7 Å². The van der Waals surface area contributed by atoms with E-state index in [1.54, 1.807) is 0 Å². The number of rotatable bonds is 3. The van der Waals surface area contributed by atoms with Crippen LogP contribution < -0.4 is 10.9 Å². The molecule has 2 amide bonds. The topological polar surface area (TPSA) is 101 Å². The molecule has 8 heteroatoms. The van der Waals surface area contributed by atoms with Crippen LogP contribution in [0.1, 0.15) is 57.7 Å². The molecule has 3 rings (SSSR count). The SMILES string of the molecule is CC(C)(C)C1CCc2sc(C(=O)NNC(=O)c3ccccc3[N+](=O)[O-])cc2C1. The lowest BCUT2D eigenvalue weighted by Gasteiger charge is -2.33. The highest BCUT2D eigenvalue weighted by molar-refractivity contribution is 7.14. The Morgan fingerprint density at radius 1 is 1.18 bits per heavy atom. The number of nitro groups is 1. The van der Waals surface area contributed by atoms with Gasteiger partial charge in [0.05, 0.1) is 9.80 Å². The molecular weight excluding hydrogens is 378 g/mol. The highest BCUT2D eigenvalue weighted by Gasteiger charge is 2.30. The Bertz CT molecular complexity index is 930. The summed E-state index contributed by atoms with van der Waals surface area (Å²) in [4.78, 5) is 36.8. The maximum atomic E-state index is 12.4. The minimum atomic E-state index is -0.727. The summed E-state index contributed by atoms with van der Waals surface area (Å²) in [6, 6.07) is 7.49. The summed E-state index contributed by atoms with van der Waals surface area (Å²) < 4.78 is 0. The van der Waals surface area contributed by atoms with Gasteiger partial charge in [0.1, 0.15) is 5.56 Å². The summed E-state index contributed by atoms with van der Waals surface area (Å²) >= 11 is 1.44. The van der Waals surface area contributed by atoms with Gasteiger partial charge in [-0.3, -0.25) is 30.6 Å². The molecular formula is C20H23N3O4S. The van der Waals surface area contributed by atoms with Crippen LogP contribution in [0, 0.1) is 21.4 Å². The van der Waals surface area contributed by atoms with E-state index in [4.69, 9.17) is 0 Å². The predicted octanol–water partition coefficient (Wildman–Crippen LogP) is 3.88. The van der Waals surface area contributed by atoms with Crippen LogP contribution in [0.3, 0.4) is 0 Å². The Morgan fingerprint density at radius 3 is 2.54 bits per heavy atom. The van der Waals surface area contributed by atoms with E-state index in [1.807, 2.05) is 6.07 Å². The quantitative estimate of drug-likeness (QED) is 0.602. The Hall–Kier alpha value is -2.74. The molecule has 7 nitrogen and oxygen atoms in total. The minimum absolute atomic E-state index is 0.105. The van der Waals surface area contributed by atoms with Gasteiger partial charge in [0.15, 0.2) is 0 Å². The molecule has 1 aromatic heterocycles. The van der Waals surface area contributed by atoms with Gasteiger partial charge in [-0.25, -0.2) is 0 Å². The summed E-state index contributed by atoms with van der Waals surface area (Å²) in [5.41, 5.74) is 5.64. The Kier molecular flexibility index (Phi) is 5.51. The number of para-hydroxylation sites is 1. The minimum Gasteiger partial charge on any atom is -0.267 e. The number of nitrogens with zero attached hydrogens (tertiary/aromatic N) is 1. The van der Waals surface area contributed by atoms with Crippen LogP contribution in [0.5, 0.6) is 0 Å². The first-order chi connectivity index (χ1) is 13.2. The Balaban J connectivity index is 1.66. The molecule has 0 fully saturated rings. The van der Waals surface area contributed by atoms with Gasteiger partial charge in [-0.05, 0) is 48.3 Å². The second-order valence-electron chi connectivity index (χ2n) is 8.05. The molecule has 0 spiro atoms. The maximum absolute atomic E-state index is 12.4. The molecule has 0 saturated carbocycles. The second kappa shape index (κ2) is 7.71. The standard InChI is InChI=1S/C20H23N3O4S/c1-20(2,3)13-8-9-16-12(10-13)11-17(28-16)19(25)22-21-18(24)14-6-4-5-7-15(14)23(26)27/h4-7,11,13H,8-10H2,1-3H3,(H,21,24)(H,22,25). The summed E-state index contributed by atoms with van der Waals surface area (Å²) in [5, 5.41) is 11.0. The number of fused-ring (bicyclic) bond motifs is 1. The van der Waals surface area contributed by atoms with Gasteiger partial charge in [-0.2, -0.15) is 0 Å². The normalized spacial score (nSPS) is 16.2. The maximum Gasteiger partial charge on any atom is 0.282 e. The third kappa shape index (κ3) is 4.22. The van der Waals surface area contributed by atoms with Crippen LogP contribution in [0.25, 0.3) is 0 Å². The number of hydrogen-bond donors (Lipinski definition) is 2. The molecule has 28 heavy (non-hydrogen) atoms. The van der Waals surface area contributed by atoms with Crippen molar-refractivity contribution in [1.29, 1.82) is 0 Å². The number of hydrogen-bond acceptors (Lipinski definition) is 5. The predicted molar refractivity (Wildman–Crippen MR) is 107 cm³/mol. The second-order valence-corrected chi connectivity index (χ2v) is 9.18. The molecule has 0 bridgehead atoms. The zero-order valence-electron chi connectivity index (χ0n) is 16.1. The van der Waals surface area contributed by atoms with Crippen LogP contribution in [0.4, 0.5) is 5.69 Å². The first-order valence-electron chi connectivity index (χ1n) is 9.12. The Labute approximate surface area is 167 Å². The number of carbonyl (C=O) groups is 2. The molecule has 1 aliphatic rings. The van der Waals surface area contributed by atoms with Crippen molar-refractivity contribution < 1.29 is 14.5 Å². The third-order valence-electron chi connectivity index (χ3n) is 5.17. The zero-order valence-corrected chi connectivity index (χ0v) is 16.9. The summed E-state index contributed by atoms with van der Waals surface area (Å²) in [6.07, 6.45) is 3.01. The van der Waals surface area contributed by atoms with E-state index in [9.17, 15) is 19.7 Å². The molecule has 1 atom stereocenters. The van der Waals surface area contributed by atoms with Gasteiger partial charge in [0.25, 0.3) is 17.5 Å². The van der Waals surface area contributed by atoms with Crippen molar-refractivity contribution in [3.05, 3.63) is 61.3 Å². The number of carbonyl (C=O) groups excluding carboxylic acids is 2. The number of nitrogens with one attached hydrogen (secondary N) is 2. The van der Waals surface area contributed by atoms with E-state index in [0.717, 1.165) is 19.3 Å². The van der Waals surface area contributed by atoms with Crippen LogP contribution >= 0.6 is 11.3 Å². The first-order valence-corrected chi connectivity index (χ1v) is 9.94. The van der Waals surface area contributed by atoms with Crippen LogP contribution in [0.2, 0.25) is 0 Å². The molecule has 1 heterocycles. The molecule has 148 valence electrons. The van der Waals surface area contributed by atoms with Gasteiger partial charge in [-0.15, -0.1) is 11.3 Å². The van der Waals surface area contributed by atoms with Crippen molar-refractivity contribution in [1.82, 2.24) is 10.9 Å². The summed E-state index contributed by atoms with van der Waals surface area (Å²) in [7, 11) is 0. The van der Waals surface area contributed by atoms with Crippen LogP contribution in [0.15, 0.2) is 30.3 Å². The highest BCUT2D eigenvalue weighted by Crippen LogP contribution is 2.40. The van der Waals surface area contributed by atoms with E-state index >= 15 is 0 Å². The van der Waals surface area contributed by atoms with Gasteiger partial charge < -0.3 is 0 Å². The summed E-state index contributed by atoms with van der Waals surface area (Å²) in [6.45, 7) is 6.71. The largest absolute Gasteiger partial charge is 0.282 e. The lowest BCUT2D eigenvalue weighted by atomic mass is 9.72. The van der Waals surface area contributed by atoms with Crippen molar-refractivity contribution >= 4 is 28.8 Å². The fourth-order valence-corrected chi connectivity index (χ4v) is 4.55. The summed E-state index contributed by atoms with van der Waals surface area (Å²) in [5.74, 6) is -0.572. The smallest absolute Gasteiger partial charge is 0.267 e. The number of thiophene rings is 1. The molecule has 1 unspecified atom stereocenters. The van der Waals surface area contributed by atoms with E-state index in [1.165, 1.54) is 46.0 Å². The molecule has 2 aromatic rings.